The van der Waals surface area contributed by atoms with Gasteiger partial charge in [0.05, 0.1) is 5.97 Å². The fourth-order valence-electron chi connectivity index (χ4n) is 2.84. The van der Waals surface area contributed by atoms with Crippen molar-refractivity contribution < 1.29 is 24.3 Å². The number of carboxylic acids is 1. The Morgan fingerprint density at radius 1 is 1.09 bits per heavy atom. The number of carboxylic acid groups (broad SMARTS) is 1. The van der Waals surface area contributed by atoms with Crippen LogP contribution in [0.4, 0.5) is 0 Å². The molecule has 0 saturated carbocycles. The van der Waals surface area contributed by atoms with Gasteiger partial charge in [-0.2, -0.15) is 0 Å². The van der Waals surface area contributed by atoms with Gasteiger partial charge in [0, 0.05) is 11.1 Å². The lowest BCUT2D eigenvalue weighted by Crippen LogP contribution is -3.10. The monoisotopic (exact) mass is 313 g/mol. The average Bonchev–Trinajstić information content (AvgIpc) is 2.94. The van der Waals surface area contributed by atoms with E-state index in [1.165, 1.54) is 5.56 Å². The molecule has 0 fully saturated rings. The van der Waals surface area contributed by atoms with E-state index in [1.807, 2.05) is 43.3 Å². The number of nitrogens with one attached hydrogen (secondary N) is 1. The highest BCUT2D eigenvalue weighted by molar-refractivity contribution is 5.65. The van der Waals surface area contributed by atoms with Crippen LogP contribution in [0.2, 0.25) is 0 Å². The van der Waals surface area contributed by atoms with Gasteiger partial charge < -0.3 is 24.3 Å². The first-order valence-electron chi connectivity index (χ1n) is 7.57. The van der Waals surface area contributed by atoms with Crippen LogP contribution in [0.5, 0.6) is 11.5 Å². The molecule has 0 radical (unpaired) electrons. The molecule has 1 N–H and O–H groups in total. The molecule has 23 heavy (non-hydrogen) atoms. The van der Waals surface area contributed by atoms with Crippen LogP contribution in [0, 0.1) is 6.92 Å². The third-order valence-electron chi connectivity index (χ3n) is 3.82. The maximum atomic E-state index is 11.1. The number of fused-ring (bicyclic) bond motifs is 1. The molecule has 0 saturated heterocycles. The third-order valence-corrected chi connectivity index (χ3v) is 3.82. The summed E-state index contributed by atoms with van der Waals surface area (Å²) in [5, 5.41) is 11.1. The van der Waals surface area contributed by atoms with Gasteiger partial charge in [0.1, 0.15) is 19.6 Å². The summed E-state index contributed by atoms with van der Waals surface area (Å²) in [6, 6.07) is 13.8. The van der Waals surface area contributed by atoms with Gasteiger partial charge in [0.25, 0.3) is 0 Å². The summed E-state index contributed by atoms with van der Waals surface area (Å²) >= 11 is 0. The van der Waals surface area contributed by atoms with E-state index in [1.54, 1.807) is 0 Å². The maximum Gasteiger partial charge on any atom is 0.231 e. The molecule has 5 nitrogen and oxygen atoms in total. The molecule has 3 rings (SSSR count). The van der Waals surface area contributed by atoms with Gasteiger partial charge >= 0.3 is 0 Å². The minimum atomic E-state index is -1.05. The molecule has 1 heterocycles. The number of ether oxygens (including phenoxy) is 2. The van der Waals surface area contributed by atoms with Crippen LogP contribution in [0.1, 0.15) is 16.7 Å². The predicted molar refractivity (Wildman–Crippen MR) is 82.0 cm³/mol. The van der Waals surface area contributed by atoms with Crippen molar-refractivity contribution >= 4 is 5.97 Å². The van der Waals surface area contributed by atoms with E-state index in [2.05, 4.69) is 6.07 Å². The Bertz CT molecular complexity index is 714. The molecule has 2 aromatic carbocycles. The fraction of sp³-hybridized carbons (Fsp3) is 0.278. The van der Waals surface area contributed by atoms with Gasteiger partial charge in [-0.25, -0.2) is 0 Å². The van der Waals surface area contributed by atoms with Crippen molar-refractivity contribution in [3.63, 3.8) is 0 Å². The summed E-state index contributed by atoms with van der Waals surface area (Å²) in [6.07, 6.45) is 0. The molecule has 1 aliphatic rings. The molecule has 5 heteroatoms. The molecule has 0 aliphatic carbocycles. The highest BCUT2D eigenvalue weighted by atomic mass is 16.7. The first-order chi connectivity index (χ1) is 11.1. The summed E-state index contributed by atoms with van der Waals surface area (Å²) in [5.41, 5.74) is 3.29. The van der Waals surface area contributed by atoms with Gasteiger partial charge in [-0.15, -0.1) is 0 Å². The van der Waals surface area contributed by atoms with Gasteiger partial charge in [-0.05, 0) is 25.1 Å². The van der Waals surface area contributed by atoms with E-state index in [-0.39, 0.29) is 13.3 Å². The second-order valence-corrected chi connectivity index (χ2v) is 5.83. The lowest BCUT2D eigenvalue weighted by molar-refractivity contribution is -0.922. The van der Waals surface area contributed by atoms with Gasteiger partial charge in [0.15, 0.2) is 11.5 Å². The van der Waals surface area contributed by atoms with E-state index < -0.39 is 5.97 Å². The molecule has 1 unspecified atom stereocenters. The summed E-state index contributed by atoms with van der Waals surface area (Å²) in [4.78, 5) is 12.0. The summed E-state index contributed by atoms with van der Waals surface area (Å²) in [5.74, 6) is 0.396. The molecule has 0 spiro atoms. The van der Waals surface area contributed by atoms with Crippen LogP contribution in [0.3, 0.4) is 0 Å². The first kappa shape index (κ1) is 15.4. The summed E-state index contributed by atoms with van der Waals surface area (Å²) < 4.78 is 10.7. The smallest absolute Gasteiger partial charge is 0.231 e. The largest absolute Gasteiger partial charge is 0.544 e. The summed E-state index contributed by atoms with van der Waals surface area (Å²) in [7, 11) is 0. The number of benzene rings is 2. The molecule has 1 aliphatic heterocycles. The Morgan fingerprint density at radius 3 is 2.57 bits per heavy atom. The molecule has 1 atom stereocenters. The molecular weight excluding hydrogens is 294 g/mol. The lowest BCUT2D eigenvalue weighted by Gasteiger charge is -2.20. The van der Waals surface area contributed by atoms with E-state index >= 15 is 0 Å². The number of aliphatic carboxylic acids is 1. The van der Waals surface area contributed by atoms with Crippen LogP contribution in [0.15, 0.2) is 42.5 Å². The van der Waals surface area contributed by atoms with Gasteiger partial charge in [0.2, 0.25) is 6.79 Å². The number of hydrogen-bond acceptors (Lipinski definition) is 4. The lowest BCUT2D eigenvalue weighted by atomic mass is 10.1. The van der Waals surface area contributed by atoms with Crippen LogP contribution in [-0.4, -0.2) is 19.3 Å². The Labute approximate surface area is 135 Å². The van der Waals surface area contributed by atoms with Crippen LogP contribution >= 0.6 is 0 Å². The average molecular weight is 313 g/mol. The molecular formula is C18H19NO4. The van der Waals surface area contributed by atoms with Gasteiger partial charge in [-0.1, -0.05) is 29.8 Å². The van der Waals surface area contributed by atoms with Crippen LogP contribution in [-0.2, 0) is 17.9 Å². The van der Waals surface area contributed by atoms with Crippen molar-refractivity contribution in [3.05, 3.63) is 59.2 Å². The Balaban J connectivity index is 1.75. The first-order valence-corrected chi connectivity index (χ1v) is 7.57. The normalized spacial score (nSPS) is 13.8. The Kier molecular flexibility index (Phi) is 4.48. The number of aryl methyl sites for hydroxylation is 1. The zero-order chi connectivity index (χ0) is 16.2. The molecule has 120 valence electrons. The Hall–Kier alpha value is -2.53. The molecule has 0 aromatic heterocycles. The number of quaternary nitrogens is 1. The highest BCUT2D eigenvalue weighted by Crippen LogP contribution is 2.32. The van der Waals surface area contributed by atoms with E-state index in [0.717, 1.165) is 21.8 Å². The predicted octanol–water partition coefficient (Wildman–Crippen LogP) is 0.0587. The van der Waals surface area contributed by atoms with Crippen LogP contribution in [0.25, 0.3) is 0 Å². The van der Waals surface area contributed by atoms with Crippen molar-refractivity contribution in [1.29, 1.82) is 0 Å². The number of rotatable bonds is 6. The zero-order valence-electron chi connectivity index (χ0n) is 13.0. The van der Waals surface area contributed by atoms with Gasteiger partial charge in [-0.3, -0.25) is 0 Å². The topological polar surface area (TPSA) is 63.0 Å². The van der Waals surface area contributed by atoms with Crippen molar-refractivity contribution in [2.75, 3.05) is 13.3 Å². The van der Waals surface area contributed by atoms with Crippen molar-refractivity contribution in [2.24, 2.45) is 0 Å². The molecule has 2 aromatic rings. The van der Waals surface area contributed by atoms with E-state index in [0.29, 0.717) is 18.8 Å². The quantitative estimate of drug-likeness (QED) is 0.819. The van der Waals surface area contributed by atoms with E-state index in [4.69, 9.17) is 9.47 Å². The van der Waals surface area contributed by atoms with Crippen molar-refractivity contribution in [3.8, 4) is 11.5 Å². The highest BCUT2D eigenvalue weighted by Gasteiger charge is 2.16. The third kappa shape index (κ3) is 4.02. The summed E-state index contributed by atoms with van der Waals surface area (Å²) in [6.45, 7) is 3.43. The minimum Gasteiger partial charge on any atom is -0.544 e. The molecule has 0 amide bonds. The maximum absolute atomic E-state index is 11.1. The SMILES string of the molecule is Cc1cccc(C[NH+](CC(=O)[O-])Cc2ccc3c(c2)OCO3)c1. The minimum absolute atomic E-state index is 0.0393. The number of hydrogen-bond donors (Lipinski definition) is 1. The standard InChI is InChI=1S/C18H19NO4/c1-13-3-2-4-14(7-13)9-19(11-18(20)21)10-15-5-6-16-17(8-15)23-12-22-16/h2-8H,9-12H2,1H3,(H,20,21). The second-order valence-electron chi connectivity index (χ2n) is 5.83. The second kappa shape index (κ2) is 6.71. The molecule has 0 bridgehead atoms. The van der Waals surface area contributed by atoms with Crippen molar-refractivity contribution in [1.82, 2.24) is 0 Å². The van der Waals surface area contributed by atoms with Crippen molar-refractivity contribution in [2.45, 2.75) is 20.0 Å². The zero-order valence-corrected chi connectivity index (χ0v) is 13.0. The Morgan fingerprint density at radius 2 is 1.83 bits per heavy atom. The number of carbonyl (C=O) groups is 1. The fourth-order valence-corrected chi connectivity index (χ4v) is 2.84. The number of carbonyl (C=O) groups excluding carboxylic acids is 1. The van der Waals surface area contributed by atoms with E-state index in [9.17, 15) is 9.90 Å². The van der Waals surface area contributed by atoms with Crippen LogP contribution < -0.4 is 19.5 Å².